The highest BCUT2D eigenvalue weighted by Gasteiger charge is 2.40. The van der Waals surface area contributed by atoms with Crippen molar-refractivity contribution in [2.75, 3.05) is 67.5 Å². The van der Waals surface area contributed by atoms with Crippen molar-refractivity contribution in [1.82, 2.24) is 9.80 Å². The molecule has 0 fully saturated rings. The van der Waals surface area contributed by atoms with Crippen LogP contribution in [0.3, 0.4) is 0 Å². The number of carbonyl (C=O) groups is 4. The van der Waals surface area contributed by atoms with Crippen LogP contribution in [-0.2, 0) is 0 Å². The number of hydrogen-bond donors (Lipinski definition) is 0. The summed E-state index contributed by atoms with van der Waals surface area (Å²) >= 11 is 0. The zero-order valence-electron chi connectivity index (χ0n) is 27.1. The highest BCUT2D eigenvalue weighted by atomic mass is 79.9. The molecule has 0 spiro atoms. The fraction of sp³-hybridized carbons (Fsp3) is 0.529. The van der Waals surface area contributed by atoms with Crippen LogP contribution in [0.15, 0.2) is 48.5 Å². The molecule has 2 aromatic carbocycles. The van der Waals surface area contributed by atoms with Gasteiger partial charge >= 0.3 is 0 Å². The van der Waals surface area contributed by atoms with Crippen LogP contribution in [0, 0.1) is 5.41 Å². The van der Waals surface area contributed by atoms with Gasteiger partial charge in [-0.05, 0) is 49.9 Å². The second-order valence-corrected chi connectivity index (χ2v) is 14.2. The molecule has 0 N–H and O–H groups in total. The number of carbonyl (C=O) groups excluding carboxylic acids is 4. The van der Waals surface area contributed by atoms with Crippen molar-refractivity contribution in [3.63, 3.8) is 0 Å². The molecule has 0 saturated carbocycles. The van der Waals surface area contributed by atoms with Gasteiger partial charge in [0.15, 0.2) is 0 Å². The van der Waals surface area contributed by atoms with E-state index < -0.39 is 0 Å². The Kier molecular flexibility index (Phi) is 13.1. The summed E-state index contributed by atoms with van der Waals surface area (Å²) in [4.78, 5) is 53.7. The second-order valence-electron chi connectivity index (χ2n) is 14.2. The number of unbranched alkanes of at least 4 members (excludes halogenated alkanes) is 3. The fourth-order valence-electron chi connectivity index (χ4n) is 6.74. The first-order valence-electron chi connectivity index (χ1n) is 15.3. The molecule has 4 rings (SSSR count). The standard InChI is InChI=1S/C34H48N4O4.2BrH/c1-34(2,24-36-32(41)28-18-11-12-19-29(28)33(36)42)25-38(5,6)22-14-8-7-13-21-37(3,4)23-15-20-35-30(39)26-16-9-10-17-27(26)31(35)40;;/h9-12,16-19H,7-8,13-15,20-25H2,1-6H3;2*1H/q+2;;/p-2. The molecule has 2 aromatic rings. The summed E-state index contributed by atoms with van der Waals surface area (Å²) in [5, 5.41) is 0. The van der Waals surface area contributed by atoms with Crippen molar-refractivity contribution in [1.29, 1.82) is 0 Å². The minimum atomic E-state index is -0.203. The average Bonchev–Trinajstić information content (AvgIpc) is 3.30. The summed E-state index contributed by atoms with van der Waals surface area (Å²) in [5.74, 6) is -0.707. The minimum Gasteiger partial charge on any atom is -1.00 e. The fourth-order valence-corrected chi connectivity index (χ4v) is 6.74. The van der Waals surface area contributed by atoms with Gasteiger partial charge in [-0.2, -0.15) is 0 Å². The number of nitrogens with zero attached hydrogens (tertiary/aromatic N) is 4. The summed E-state index contributed by atoms with van der Waals surface area (Å²) in [6.45, 7) is 9.07. The molecule has 2 aliphatic heterocycles. The van der Waals surface area contributed by atoms with Gasteiger partial charge in [-0.3, -0.25) is 29.0 Å². The Morgan fingerprint density at radius 2 is 0.909 bits per heavy atom. The number of fused-ring (bicyclic) bond motifs is 2. The van der Waals surface area contributed by atoms with Crippen molar-refractivity contribution >= 4 is 23.6 Å². The molecular formula is C34H48Br2N4O4. The predicted molar refractivity (Wildman–Crippen MR) is 164 cm³/mol. The van der Waals surface area contributed by atoms with Gasteiger partial charge in [0.1, 0.15) is 0 Å². The van der Waals surface area contributed by atoms with E-state index in [2.05, 4.69) is 42.0 Å². The summed E-state index contributed by atoms with van der Waals surface area (Å²) in [6, 6.07) is 14.1. The van der Waals surface area contributed by atoms with Crippen LogP contribution in [0.2, 0.25) is 0 Å². The lowest BCUT2D eigenvalue weighted by atomic mass is 9.91. The van der Waals surface area contributed by atoms with Gasteiger partial charge in [0.05, 0.1) is 76.6 Å². The van der Waals surface area contributed by atoms with Gasteiger partial charge in [0.25, 0.3) is 23.6 Å². The number of hydrogen-bond acceptors (Lipinski definition) is 4. The van der Waals surface area contributed by atoms with E-state index >= 15 is 0 Å². The Morgan fingerprint density at radius 1 is 0.545 bits per heavy atom. The van der Waals surface area contributed by atoms with Crippen molar-refractivity contribution < 1.29 is 62.1 Å². The highest BCUT2D eigenvalue weighted by molar-refractivity contribution is 6.22. The van der Waals surface area contributed by atoms with Gasteiger partial charge in [0.2, 0.25) is 0 Å². The van der Waals surface area contributed by atoms with E-state index in [0.717, 1.165) is 60.8 Å². The summed E-state index contributed by atoms with van der Waals surface area (Å²) in [7, 11) is 8.91. The minimum absolute atomic E-state index is 0. The van der Waals surface area contributed by atoms with Crippen LogP contribution >= 0.6 is 0 Å². The molecule has 44 heavy (non-hydrogen) atoms. The third-order valence-electron chi connectivity index (χ3n) is 8.62. The molecule has 242 valence electrons. The monoisotopic (exact) mass is 734 g/mol. The average molecular weight is 737 g/mol. The van der Waals surface area contributed by atoms with Gasteiger partial charge in [-0.25, -0.2) is 0 Å². The normalized spacial score (nSPS) is 14.9. The Labute approximate surface area is 284 Å². The number of quaternary nitrogens is 2. The van der Waals surface area contributed by atoms with Crippen molar-refractivity contribution in [3.05, 3.63) is 70.8 Å². The van der Waals surface area contributed by atoms with E-state index in [1.807, 2.05) is 0 Å². The quantitative estimate of drug-likeness (QED) is 0.130. The third kappa shape index (κ3) is 9.08. The second kappa shape index (κ2) is 15.3. The maximum Gasteiger partial charge on any atom is 0.261 e. The first-order valence-corrected chi connectivity index (χ1v) is 15.3. The summed E-state index contributed by atoms with van der Waals surface area (Å²) in [6.07, 6.45) is 5.39. The molecule has 0 aliphatic carbocycles. The Balaban J connectivity index is 0.00000337. The topological polar surface area (TPSA) is 74.8 Å². The zero-order valence-corrected chi connectivity index (χ0v) is 30.2. The first-order chi connectivity index (χ1) is 19.7. The molecule has 4 amide bonds. The molecule has 10 heteroatoms. The molecule has 2 heterocycles. The lowest BCUT2D eigenvalue weighted by molar-refractivity contribution is -0.896. The summed E-state index contributed by atoms with van der Waals surface area (Å²) in [5.41, 5.74) is 1.85. The largest absolute Gasteiger partial charge is 1.00 e. The molecule has 8 nitrogen and oxygen atoms in total. The van der Waals surface area contributed by atoms with Crippen LogP contribution in [0.4, 0.5) is 0 Å². The maximum absolute atomic E-state index is 12.8. The van der Waals surface area contributed by atoms with E-state index in [9.17, 15) is 19.2 Å². The van der Waals surface area contributed by atoms with E-state index in [1.54, 1.807) is 48.5 Å². The maximum atomic E-state index is 12.8. The van der Waals surface area contributed by atoms with Crippen molar-refractivity contribution in [2.45, 2.75) is 46.0 Å². The number of benzene rings is 2. The SMILES string of the molecule is CC(C)(CN1C(=O)c2ccccc2C1=O)C[N+](C)(C)CCCCCC[N+](C)(C)CCCN1C(=O)c2ccccc2C1=O.[Br-].[Br-]. The number of rotatable bonds is 15. The third-order valence-corrected chi connectivity index (χ3v) is 8.62. The van der Waals surface area contributed by atoms with Crippen LogP contribution in [0.1, 0.15) is 87.4 Å². The number of halogens is 2. The highest BCUT2D eigenvalue weighted by Crippen LogP contribution is 2.29. The van der Waals surface area contributed by atoms with Crippen molar-refractivity contribution in [3.8, 4) is 0 Å². The van der Waals surface area contributed by atoms with Crippen LogP contribution in [0.25, 0.3) is 0 Å². The molecule has 0 bridgehead atoms. The first kappa shape index (κ1) is 37.8. The van der Waals surface area contributed by atoms with Gasteiger partial charge in [0, 0.05) is 24.9 Å². The molecule has 0 unspecified atom stereocenters. The molecule has 0 atom stereocenters. The Bertz CT molecular complexity index is 1290. The van der Waals surface area contributed by atoms with Crippen LogP contribution in [-0.4, -0.2) is 110 Å². The molecule has 2 aliphatic rings. The van der Waals surface area contributed by atoms with Gasteiger partial charge < -0.3 is 42.9 Å². The zero-order chi connectivity index (χ0) is 30.7. The van der Waals surface area contributed by atoms with Gasteiger partial charge in [-0.1, -0.05) is 38.1 Å². The van der Waals surface area contributed by atoms with E-state index in [-0.39, 0.29) is 63.0 Å². The van der Waals surface area contributed by atoms with Crippen molar-refractivity contribution in [2.24, 2.45) is 5.41 Å². The van der Waals surface area contributed by atoms with E-state index in [4.69, 9.17) is 0 Å². The number of amides is 4. The molecule has 0 aromatic heterocycles. The van der Waals surface area contributed by atoms with Gasteiger partial charge in [-0.15, -0.1) is 0 Å². The number of imide groups is 2. The smallest absolute Gasteiger partial charge is 0.261 e. The lowest BCUT2D eigenvalue weighted by Crippen LogP contribution is -3.00. The predicted octanol–water partition coefficient (Wildman–Crippen LogP) is -1.28. The van der Waals surface area contributed by atoms with E-state index in [0.29, 0.717) is 35.3 Å². The van der Waals surface area contributed by atoms with Crippen LogP contribution < -0.4 is 34.0 Å². The van der Waals surface area contributed by atoms with E-state index in [1.165, 1.54) is 16.2 Å². The Hall–Kier alpha value is -2.40. The Morgan fingerprint density at radius 3 is 1.34 bits per heavy atom. The lowest BCUT2D eigenvalue weighted by Gasteiger charge is -2.39. The molecule has 0 radical (unpaired) electrons. The summed E-state index contributed by atoms with van der Waals surface area (Å²) < 4.78 is 1.71. The molecule has 0 saturated heterocycles. The molecular weight excluding hydrogens is 688 g/mol. The van der Waals surface area contributed by atoms with Crippen LogP contribution in [0.5, 0.6) is 0 Å².